The summed E-state index contributed by atoms with van der Waals surface area (Å²) in [6.45, 7) is 0. The Morgan fingerprint density at radius 1 is 1.22 bits per heavy atom. The molecule has 0 bridgehead atoms. The minimum Gasteiger partial charge on any atom is -0.341 e. The molecule has 4 nitrogen and oxygen atoms in total. The standard InChI is InChI=1S/C19H23N3O/c1-22-17(13-16(21-22)14-9-10-14)18(23)20-19(11-5-6-12-19)15-7-3-2-4-8-15/h2-4,7-8,13-14H,5-6,9-12H2,1H3,(H,20,23). The predicted molar refractivity (Wildman–Crippen MR) is 89.2 cm³/mol. The normalized spacial score (nSPS) is 19.7. The average molecular weight is 309 g/mol. The third-order valence-corrected chi connectivity index (χ3v) is 5.26. The molecule has 2 aliphatic rings. The van der Waals surface area contributed by atoms with Crippen LogP contribution in [-0.2, 0) is 12.6 Å². The first-order valence-electron chi connectivity index (χ1n) is 8.60. The van der Waals surface area contributed by atoms with Gasteiger partial charge < -0.3 is 5.32 Å². The Bertz CT molecular complexity index is 709. The van der Waals surface area contributed by atoms with Crippen molar-refractivity contribution in [3.05, 3.63) is 53.3 Å². The van der Waals surface area contributed by atoms with E-state index in [1.54, 1.807) is 4.68 Å². The van der Waals surface area contributed by atoms with Gasteiger partial charge in [0.25, 0.3) is 5.91 Å². The summed E-state index contributed by atoms with van der Waals surface area (Å²) in [5.41, 5.74) is 2.74. The van der Waals surface area contributed by atoms with Crippen LogP contribution in [0, 0.1) is 0 Å². The number of hydrogen-bond acceptors (Lipinski definition) is 2. The summed E-state index contributed by atoms with van der Waals surface area (Å²) in [6, 6.07) is 12.4. The van der Waals surface area contributed by atoms with E-state index in [0.717, 1.165) is 31.4 Å². The van der Waals surface area contributed by atoms with E-state index in [2.05, 4.69) is 34.7 Å². The Morgan fingerprint density at radius 3 is 2.57 bits per heavy atom. The van der Waals surface area contributed by atoms with Gasteiger partial charge in [-0.05, 0) is 37.3 Å². The van der Waals surface area contributed by atoms with Crippen LogP contribution in [0.3, 0.4) is 0 Å². The maximum Gasteiger partial charge on any atom is 0.270 e. The van der Waals surface area contributed by atoms with Crippen LogP contribution in [0.4, 0.5) is 0 Å². The molecule has 0 aliphatic heterocycles. The van der Waals surface area contributed by atoms with Crippen molar-refractivity contribution in [2.24, 2.45) is 7.05 Å². The molecule has 0 atom stereocenters. The van der Waals surface area contributed by atoms with Gasteiger partial charge in [-0.3, -0.25) is 9.48 Å². The fraction of sp³-hybridized carbons (Fsp3) is 0.474. The minimum atomic E-state index is -0.220. The fourth-order valence-electron chi connectivity index (χ4n) is 3.78. The number of carbonyl (C=O) groups excluding carboxylic acids is 1. The van der Waals surface area contributed by atoms with Gasteiger partial charge in [0, 0.05) is 13.0 Å². The molecule has 1 heterocycles. The Kier molecular flexibility index (Phi) is 3.47. The third kappa shape index (κ3) is 2.67. The molecule has 2 saturated carbocycles. The van der Waals surface area contributed by atoms with Crippen molar-refractivity contribution >= 4 is 5.91 Å². The lowest BCUT2D eigenvalue weighted by Crippen LogP contribution is -2.44. The molecule has 0 radical (unpaired) electrons. The quantitative estimate of drug-likeness (QED) is 0.939. The Hall–Kier alpha value is -2.10. The molecule has 4 heteroatoms. The number of aromatic nitrogens is 2. The topological polar surface area (TPSA) is 46.9 Å². The third-order valence-electron chi connectivity index (χ3n) is 5.26. The number of carbonyl (C=O) groups is 1. The molecule has 0 unspecified atom stereocenters. The van der Waals surface area contributed by atoms with E-state index in [0.29, 0.717) is 11.6 Å². The van der Waals surface area contributed by atoms with E-state index >= 15 is 0 Å². The summed E-state index contributed by atoms with van der Waals surface area (Å²) in [5.74, 6) is 0.565. The second kappa shape index (κ2) is 5.52. The van der Waals surface area contributed by atoms with Crippen molar-refractivity contribution in [1.82, 2.24) is 15.1 Å². The monoisotopic (exact) mass is 309 g/mol. The van der Waals surface area contributed by atoms with Gasteiger partial charge in [-0.1, -0.05) is 43.2 Å². The van der Waals surface area contributed by atoms with E-state index in [1.165, 1.54) is 18.4 Å². The number of nitrogens with one attached hydrogen (secondary N) is 1. The van der Waals surface area contributed by atoms with Gasteiger partial charge in [0.15, 0.2) is 0 Å². The van der Waals surface area contributed by atoms with E-state index in [-0.39, 0.29) is 11.4 Å². The summed E-state index contributed by atoms with van der Waals surface area (Å²) >= 11 is 0. The van der Waals surface area contributed by atoms with Gasteiger partial charge in [0.2, 0.25) is 0 Å². The van der Waals surface area contributed by atoms with Gasteiger partial charge >= 0.3 is 0 Å². The van der Waals surface area contributed by atoms with Gasteiger partial charge in [0.1, 0.15) is 5.69 Å². The lowest BCUT2D eigenvalue weighted by molar-refractivity contribution is 0.0888. The van der Waals surface area contributed by atoms with Gasteiger partial charge in [-0.15, -0.1) is 0 Å². The van der Waals surface area contributed by atoms with Crippen molar-refractivity contribution in [3.8, 4) is 0 Å². The van der Waals surface area contributed by atoms with E-state index in [4.69, 9.17) is 0 Å². The average Bonchev–Trinajstić information content (AvgIpc) is 3.18. The molecule has 4 rings (SSSR count). The zero-order valence-corrected chi connectivity index (χ0v) is 13.6. The van der Waals surface area contributed by atoms with Crippen LogP contribution in [0.1, 0.15) is 66.2 Å². The largest absolute Gasteiger partial charge is 0.341 e. The van der Waals surface area contributed by atoms with Gasteiger partial charge in [-0.25, -0.2) is 0 Å². The van der Waals surface area contributed by atoms with Gasteiger partial charge in [-0.2, -0.15) is 5.10 Å². The summed E-state index contributed by atoms with van der Waals surface area (Å²) in [5, 5.41) is 7.86. The molecule has 2 aliphatic carbocycles. The molecule has 2 aromatic rings. The highest BCUT2D eigenvalue weighted by Gasteiger charge is 2.38. The second-order valence-corrected chi connectivity index (χ2v) is 6.96. The number of amides is 1. The highest BCUT2D eigenvalue weighted by molar-refractivity contribution is 5.93. The number of aryl methyl sites for hydroxylation is 1. The van der Waals surface area contributed by atoms with Crippen molar-refractivity contribution in [2.75, 3.05) is 0 Å². The highest BCUT2D eigenvalue weighted by atomic mass is 16.2. The van der Waals surface area contributed by atoms with Crippen molar-refractivity contribution in [1.29, 1.82) is 0 Å². The number of hydrogen-bond donors (Lipinski definition) is 1. The van der Waals surface area contributed by atoms with Crippen LogP contribution in [-0.4, -0.2) is 15.7 Å². The van der Waals surface area contributed by atoms with Crippen molar-refractivity contribution < 1.29 is 4.79 Å². The maximum atomic E-state index is 12.9. The summed E-state index contributed by atoms with van der Waals surface area (Å²) in [7, 11) is 1.87. The van der Waals surface area contributed by atoms with Gasteiger partial charge in [0.05, 0.1) is 11.2 Å². The number of benzene rings is 1. The van der Waals surface area contributed by atoms with Crippen LogP contribution in [0.2, 0.25) is 0 Å². The molecule has 1 aromatic carbocycles. The summed E-state index contributed by atoms with van der Waals surface area (Å²) in [6.07, 6.45) is 6.74. The van der Waals surface area contributed by atoms with Crippen LogP contribution in [0.25, 0.3) is 0 Å². The lowest BCUT2D eigenvalue weighted by Gasteiger charge is -2.31. The zero-order valence-electron chi connectivity index (χ0n) is 13.6. The van der Waals surface area contributed by atoms with E-state index < -0.39 is 0 Å². The predicted octanol–water partition coefficient (Wildman–Crippen LogP) is 3.50. The first-order valence-corrected chi connectivity index (χ1v) is 8.60. The summed E-state index contributed by atoms with van der Waals surface area (Å²) in [4.78, 5) is 12.9. The summed E-state index contributed by atoms with van der Waals surface area (Å²) < 4.78 is 1.73. The smallest absolute Gasteiger partial charge is 0.270 e. The highest BCUT2D eigenvalue weighted by Crippen LogP contribution is 2.40. The molecule has 0 saturated heterocycles. The minimum absolute atomic E-state index is 0.00217. The maximum absolute atomic E-state index is 12.9. The Morgan fingerprint density at radius 2 is 1.91 bits per heavy atom. The molecule has 23 heavy (non-hydrogen) atoms. The SMILES string of the molecule is Cn1nc(C2CC2)cc1C(=O)NC1(c2ccccc2)CCCC1. The number of rotatable bonds is 4. The fourth-order valence-corrected chi connectivity index (χ4v) is 3.78. The molecular weight excluding hydrogens is 286 g/mol. The first-order chi connectivity index (χ1) is 11.2. The lowest BCUT2D eigenvalue weighted by atomic mass is 9.88. The molecule has 0 spiro atoms. The van der Waals surface area contributed by atoms with Crippen molar-refractivity contribution in [3.63, 3.8) is 0 Å². The zero-order chi connectivity index (χ0) is 15.9. The van der Waals surface area contributed by atoms with Crippen LogP contribution in [0.15, 0.2) is 36.4 Å². The van der Waals surface area contributed by atoms with Crippen molar-refractivity contribution in [2.45, 2.75) is 50.0 Å². The molecule has 1 N–H and O–H groups in total. The van der Waals surface area contributed by atoms with Crippen LogP contribution in [0.5, 0.6) is 0 Å². The van der Waals surface area contributed by atoms with E-state index in [9.17, 15) is 4.79 Å². The second-order valence-electron chi connectivity index (χ2n) is 6.96. The Balaban J connectivity index is 1.61. The van der Waals surface area contributed by atoms with E-state index in [1.807, 2.05) is 19.2 Å². The van der Waals surface area contributed by atoms with Crippen LogP contribution >= 0.6 is 0 Å². The molecule has 120 valence electrons. The molecule has 1 aromatic heterocycles. The molecular formula is C19H23N3O. The number of nitrogens with zero attached hydrogens (tertiary/aromatic N) is 2. The Labute approximate surface area is 136 Å². The first kappa shape index (κ1) is 14.5. The molecule has 2 fully saturated rings. The van der Waals surface area contributed by atoms with Crippen LogP contribution < -0.4 is 5.32 Å². The molecule has 1 amide bonds.